The number of hydrogen-bond acceptors (Lipinski definition) is 5. The Labute approximate surface area is 162 Å². The summed E-state index contributed by atoms with van der Waals surface area (Å²) in [5, 5.41) is 3.25. The number of hydrogen-bond donors (Lipinski definition) is 2. The molecule has 2 atom stereocenters. The highest BCUT2D eigenvalue weighted by Crippen LogP contribution is 2.23. The zero-order chi connectivity index (χ0) is 18.1. The molecule has 0 radical (unpaired) electrons. The summed E-state index contributed by atoms with van der Waals surface area (Å²) in [4.78, 5) is 0.0256. The lowest BCUT2D eigenvalue weighted by atomic mass is 10.0. The van der Waals surface area contributed by atoms with Gasteiger partial charge in [0.15, 0.2) is 0 Å². The van der Waals surface area contributed by atoms with Crippen LogP contribution in [0.1, 0.15) is 32.6 Å². The zero-order valence-electron chi connectivity index (χ0n) is 14.7. The Morgan fingerprint density at radius 2 is 1.73 bits per heavy atom. The molecular formula is C16H26ClN3O4S2. The fourth-order valence-corrected chi connectivity index (χ4v) is 6.39. The van der Waals surface area contributed by atoms with Gasteiger partial charge in [-0.2, -0.15) is 4.31 Å². The highest BCUT2D eigenvalue weighted by molar-refractivity contribution is 7.90. The Balaban J connectivity index is 0.00000243. The van der Waals surface area contributed by atoms with E-state index >= 15 is 0 Å². The average molecular weight is 424 g/mol. The molecule has 10 heteroatoms. The third-order valence-electron chi connectivity index (χ3n) is 4.89. The van der Waals surface area contributed by atoms with Gasteiger partial charge in [-0.1, -0.05) is 6.07 Å². The number of nitrogens with one attached hydrogen (secondary N) is 2. The second-order valence-corrected chi connectivity index (χ2v) is 10.4. The molecule has 26 heavy (non-hydrogen) atoms. The lowest BCUT2D eigenvalue weighted by molar-refractivity contribution is 0.349. The Morgan fingerprint density at radius 1 is 1.08 bits per heavy atom. The van der Waals surface area contributed by atoms with Crippen LogP contribution in [0.4, 0.5) is 0 Å². The monoisotopic (exact) mass is 423 g/mol. The van der Waals surface area contributed by atoms with E-state index in [1.807, 2.05) is 6.92 Å². The molecule has 2 aliphatic rings. The van der Waals surface area contributed by atoms with Crippen LogP contribution in [0.3, 0.4) is 0 Å². The van der Waals surface area contributed by atoms with Crippen LogP contribution in [0.2, 0.25) is 0 Å². The van der Waals surface area contributed by atoms with Crippen LogP contribution in [-0.2, 0) is 20.0 Å². The molecule has 0 aromatic heterocycles. The van der Waals surface area contributed by atoms with Crippen molar-refractivity contribution in [2.45, 2.75) is 54.5 Å². The molecule has 2 unspecified atom stereocenters. The van der Waals surface area contributed by atoms with Gasteiger partial charge in [-0.05, 0) is 57.4 Å². The summed E-state index contributed by atoms with van der Waals surface area (Å²) in [6.45, 7) is 3.80. The topological polar surface area (TPSA) is 95.6 Å². The van der Waals surface area contributed by atoms with Gasteiger partial charge in [-0.25, -0.2) is 21.6 Å². The van der Waals surface area contributed by atoms with Crippen molar-refractivity contribution >= 4 is 32.5 Å². The molecule has 0 spiro atoms. The van der Waals surface area contributed by atoms with Gasteiger partial charge in [0.05, 0.1) is 9.79 Å². The molecule has 2 saturated heterocycles. The molecule has 1 aromatic carbocycles. The molecule has 0 saturated carbocycles. The van der Waals surface area contributed by atoms with Crippen molar-refractivity contribution in [3.63, 3.8) is 0 Å². The Hall–Kier alpha value is -0.710. The lowest BCUT2D eigenvalue weighted by Crippen LogP contribution is -2.51. The van der Waals surface area contributed by atoms with Crippen molar-refractivity contribution in [3.05, 3.63) is 24.3 Å². The maximum absolute atomic E-state index is 12.7. The standard InChI is InChI=1S/C16H25N3O4S2.ClH/c1-13-16(8-5-9-17-13)18-24(20,21)14-6-4-7-15(12-14)25(22,23)19-10-2-3-11-19;/h4,6-7,12-13,16-18H,2-3,5,8-11H2,1H3;1H. The molecule has 0 amide bonds. The summed E-state index contributed by atoms with van der Waals surface area (Å²) in [6, 6.07) is 5.48. The third kappa shape index (κ3) is 4.58. The van der Waals surface area contributed by atoms with E-state index in [0.29, 0.717) is 13.1 Å². The van der Waals surface area contributed by atoms with Gasteiger partial charge in [0.2, 0.25) is 20.0 Å². The second kappa shape index (κ2) is 8.53. The molecule has 148 valence electrons. The first-order chi connectivity index (χ1) is 11.8. The predicted octanol–water partition coefficient (Wildman–Crippen LogP) is 1.31. The van der Waals surface area contributed by atoms with Crippen LogP contribution in [-0.4, -0.2) is 52.9 Å². The smallest absolute Gasteiger partial charge is 0.243 e. The van der Waals surface area contributed by atoms with Gasteiger partial charge in [0.25, 0.3) is 0 Å². The zero-order valence-corrected chi connectivity index (χ0v) is 17.2. The SMILES string of the molecule is CC1NCCCC1NS(=O)(=O)c1cccc(S(=O)(=O)N2CCCC2)c1.Cl. The molecule has 0 bridgehead atoms. The van der Waals surface area contributed by atoms with Crippen LogP contribution in [0, 0.1) is 0 Å². The number of nitrogens with zero attached hydrogens (tertiary/aromatic N) is 1. The molecular weight excluding hydrogens is 398 g/mol. The minimum Gasteiger partial charge on any atom is -0.313 e. The summed E-state index contributed by atoms with van der Waals surface area (Å²) < 4.78 is 54.8. The van der Waals surface area contributed by atoms with E-state index in [9.17, 15) is 16.8 Å². The molecule has 2 fully saturated rings. The van der Waals surface area contributed by atoms with Gasteiger partial charge in [0.1, 0.15) is 0 Å². The molecule has 0 aliphatic carbocycles. The minimum absolute atomic E-state index is 0. The van der Waals surface area contributed by atoms with Crippen LogP contribution >= 0.6 is 12.4 Å². The first-order valence-electron chi connectivity index (χ1n) is 8.67. The van der Waals surface area contributed by atoms with E-state index in [0.717, 1.165) is 32.2 Å². The summed E-state index contributed by atoms with van der Waals surface area (Å²) in [5.41, 5.74) is 0. The number of benzene rings is 1. The largest absolute Gasteiger partial charge is 0.313 e. The number of halogens is 1. The maximum atomic E-state index is 12.7. The van der Waals surface area contributed by atoms with E-state index in [-0.39, 0.29) is 34.3 Å². The van der Waals surface area contributed by atoms with Crippen molar-refractivity contribution < 1.29 is 16.8 Å². The number of piperidine rings is 1. The lowest BCUT2D eigenvalue weighted by Gasteiger charge is -2.30. The van der Waals surface area contributed by atoms with Crippen molar-refractivity contribution in [3.8, 4) is 0 Å². The Morgan fingerprint density at radius 3 is 2.38 bits per heavy atom. The van der Waals surface area contributed by atoms with Gasteiger partial charge in [-0.3, -0.25) is 0 Å². The van der Waals surface area contributed by atoms with Crippen LogP contribution in [0.15, 0.2) is 34.1 Å². The number of sulfonamides is 2. The quantitative estimate of drug-likeness (QED) is 0.744. The van der Waals surface area contributed by atoms with Crippen molar-refractivity contribution in [2.24, 2.45) is 0 Å². The maximum Gasteiger partial charge on any atom is 0.243 e. The van der Waals surface area contributed by atoms with Gasteiger partial charge in [-0.15, -0.1) is 12.4 Å². The van der Waals surface area contributed by atoms with Crippen molar-refractivity contribution in [2.75, 3.05) is 19.6 Å². The third-order valence-corrected chi connectivity index (χ3v) is 8.27. The first-order valence-corrected chi connectivity index (χ1v) is 11.6. The minimum atomic E-state index is -3.77. The highest BCUT2D eigenvalue weighted by atomic mass is 35.5. The van der Waals surface area contributed by atoms with Crippen molar-refractivity contribution in [1.29, 1.82) is 0 Å². The molecule has 3 rings (SSSR count). The van der Waals surface area contributed by atoms with Gasteiger partial charge < -0.3 is 5.32 Å². The van der Waals surface area contributed by atoms with Crippen LogP contribution < -0.4 is 10.0 Å². The average Bonchev–Trinajstić information content (AvgIpc) is 3.12. The van der Waals surface area contributed by atoms with E-state index in [1.165, 1.54) is 28.6 Å². The van der Waals surface area contributed by atoms with E-state index in [1.54, 1.807) is 0 Å². The normalized spacial score (nSPS) is 25.0. The fraction of sp³-hybridized carbons (Fsp3) is 0.625. The fourth-order valence-electron chi connectivity index (χ4n) is 3.35. The molecule has 2 N–H and O–H groups in total. The molecule has 1 aromatic rings. The van der Waals surface area contributed by atoms with E-state index in [2.05, 4.69) is 10.0 Å². The van der Waals surface area contributed by atoms with Gasteiger partial charge in [0, 0.05) is 25.2 Å². The highest BCUT2D eigenvalue weighted by Gasteiger charge is 2.30. The summed E-state index contributed by atoms with van der Waals surface area (Å²) in [5.74, 6) is 0. The first kappa shape index (κ1) is 21.6. The summed E-state index contributed by atoms with van der Waals surface area (Å²) in [6.07, 6.45) is 3.34. The predicted molar refractivity (Wildman–Crippen MR) is 102 cm³/mol. The van der Waals surface area contributed by atoms with E-state index in [4.69, 9.17) is 0 Å². The second-order valence-electron chi connectivity index (χ2n) is 6.70. The van der Waals surface area contributed by atoms with Gasteiger partial charge >= 0.3 is 0 Å². The summed E-state index contributed by atoms with van der Waals surface area (Å²) >= 11 is 0. The molecule has 2 aliphatic heterocycles. The number of rotatable bonds is 5. The Kier molecular flexibility index (Phi) is 7.09. The van der Waals surface area contributed by atoms with E-state index < -0.39 is 20.0 Å². The van der Waals surface area contributed by atoms with Crippen LogP contribution in [0.5, 0.6) is 0 Å². The molecule has 2 heterocycles. The van der Waals surface area contributed by atoms with Crippen molar-refractivity contribution in [1.82, 2.24) is 14.3 Å². The Bertz CT molecular complexity index is 824. The van der Waals surface area contributed by atoms with Crippen LogP contribution in [0.25, 0.3) is 0 Å². The summed E-state index contributed by atoms with van der Waals surface area (Å²) in [7, 11) is -7.41. The molecule has 7 nitrogen and oxygen atoms in total.